The minimum atomic E-state index is 0.0150. The number of fused-ring (bicyclic) bond motifs is 1. The fraction of sp³-hybridized carbons (Fsp3) is 0.294. The van der Waals surface area contributed by atoms with Crippen LogP contribution >= 0.6 is 15.9 Å². The largest absolute Gasteiger partial charge is 0.485 e. The lowest BCUT2D eigenvalue weighted by atomic mass is 9.90. The quantitative estimate of drug-likeness (QED) is 0.829. The summed E-state index contributed by atoms with van der Waals surface area (Å²) in [6, 6.07) is 12.4. The van der Waals surface area contributed by atoms with E-state index >= 15 is 0 Å². The van der Waals surface area contributed by atoms with Gasteiger partial charge in [0.25, 0.3) is 0 Å². The van der Waals surface area contributed by atoms with Gasteiger partial charge >= 0.3 is 0 Å². The molecule has 0 aliphatic carbocycles. The van der Waals surface area contributed by atoms with E-state index in [9.17, 15) is 0 Å². The molecule has 2 aromatic carbocycles. The maximum absolute atomic E-state index is 6.33. The molecule has 2 nitrogen and oxygen atoms in total. The van der Waals surface area contributed by atoms with Crippen molar-refractivity contribution in [1.29, 1.82) is 0 Å². The smallest absolute Gasteiger partial charge is 0.126 e. The van der Waals surface area contributed by atoms with E-state index in [1.807, 2.05) is 12.1 Å². The molecular formula is C17H18BrNO. The van der Waals surface area contributed by atoms with Gasteiger partial charge in [-0.3, -0.25) is 0 Å². The number of hydrogen-bond acceptors (Lipinski definition) is 2. The summed E-state index contributed by atoms with van der Waals surface area (Å²) in [4.78, 5) is 0. The van der Waals surface area contributed by atoms with Gasteiger partial charge in [-0.2, -0.15) is 0 Å². The monoisotopic (exact) mass is 331 g/mol. The normalized spacial score (nSPS) is 21.2. The van der Waals surface area contributed by atoms with Crippen LogP contribution in [0.2, 0.25) is 0 Å². The van der Waals surface area contributed by atoms with Gasteiger partial charge in [0.1, 0.15) is 11.9 Å². The van der Waals surface area contributed by atoms with Gasteiger partial charge < -0.3 is 10.5 Å². The van der Waals surface area contributed by atoms with Gasteiger partial charge in [-0.1, -0.05) is 34.1 Å². The van der Waals surface area contributed by atoms with Crippen molar-refractivity contribution in [3.8, 4) is 5.75 Å². The maximum Gasteiger partial charge on any atom is 0.126 e. The molecule has 104 valence electrons. The highest BCUT2D eigenvalue weighted by Gasteiger charge is 2.28. The Morgan fingerprint density at radius 3 is 2.75 bits per heavy atom. The molecule has 2 aromatic rings. The predicted molar refractivity (Wildman–Crippen MR) is 85.0 cm³/mol. The number of halogens is 1. The molecule has 0 bridgehead atoms. The molecule has 1 aliphatic rings. The second-order valence-corrected chi connectivity index (χ2v) is 6.34. The summed E-state index contributed by atoms with van der Waals surface area (Å²) in [5, 5.41) is 0. The molecule has 0 aromatic heterocycles. The standard InChI is InChI=1S/C17H18BrNO/c1-10-4-3-5-13(11(10)2)17-9-15(19)14-8-12(18)6-7-16(14)20-17/h3-8,15,17H,9,19H2,1-2H3/t15-,17?/m0/s1. The molecule has 2 N–H and O–H groups in total. The first-order valence-corrected chi connectivity index (χ1v) is 7.63. The summed E-state index contributed by atoms with van der Waals surface area (Å²) >= 11 is 3.49. The molecule has 0 amide bonds. The van der Waals surface area contributed by atoms with Gasteiger partial charge in [0.05, 0.1) is 0 Å². The Kier molecular flexibility index (Phi) is 3.57. The van der Waals surface area contributed by atoms with Gasteiger partial charge in [0.15, 0.2) is 0 Å². The second-order valence-electron chi connectivity index (χ2n) is 5.42. The molecule has 2 atom stereocenters. The van der Waals surface area contributed by atoms with Crippen LogP contribution in [-0.4, -0.2) is 0 Å². The van der Waals surface area contributed by atoms with Crippen molar-refractivity contribution in [1.82, 2.24) is 0 Å². The van der Waals surface area contributed by atoms with Crippen LogP contribution < -0.4 is 10.5 Å². The third kappa shape index (κ3) is 2.36. The maximum atomic E-state index is 6.33. The summed E-state index contributed by atoms with van der Waals surface area (Å²) in [5.41, 5.74) is 11.2. The molecule has 0 saturated carbocycles. The molecule has 1 aliphatic heterocycles. The Bertz CT molecular complexity index is 653. The highest BCUT2D eigenvalue weighted by molar-refractivity contribution is 9.10. The van der Waals surface area contributed by atoms with Crippen LogP contribution in [0.4, 0.5) is 0 Å². The summed E-state index contributed by atoms with van der Waals surface area (Å²) < 4.78 is 7.22. The number of aryl methyl sites for hydroxylation is 1. The lowest BCUT2D eigenvalue weighted by molar-refractivity contribution is 0.161. The fourth-order valence-electron chi connectivity index (χ4n) is 2.79. The van der Waals surface area contributed by atoms with Crippen molar-refractivity contribution in [2.75, 3.05) is 0 Å². The minimum absolute atomic E-state index is 0.0150. The molecule has 3 rings (SSSR count). The zero-order valence-electron chi connectivity index (χ0n) is 11.7. The molecule has 0 saturated heterocycles. The molecule has 0 radical (unpaired) electrons. The van der Waals surface area contributed by atoms with Crippen LogP contribution in [0.3, 0.4) is 0 Å². The lowest BCUT2D eigenvalue weighted by Gasteiger charge is -2.31. The zero-order chi connectivity index (χ0) is 14.3. The molecule has 3 heteroatoms. The Hall–Kier alpha value is -1.32. The molecule has 1 heterocycles. The van der Waals surface area contributed by atoms with Crippen LogP contribution in [0, 0.1) is 13.8 Å². The van der Waals surface area contributed by atoms with Crippen molar-refractivity contribution in [3.63, 3.8) is 0 Å². The van der Waals surface area contributed by atoms with Crippen LogP contribution in [-0.2, 0) is 0 Å². The molecular weight excluding hydrogens is 314 g/mol. The van der Waals surface area contributed by atoms with Crippen LogP contribution in [0.1, 0.15) is 40.8 Å². The minimum Gasteiger partial charge on any atom is -0.485 e. The highest BCUT2D eigenvalue weighted by Crippen LogP contribution is 2.41. The average molecular weight is 332 g/mol. The van der Waals surface area contributed by atoms with E-state index in [1.165, 1.54) is 16.7 Å². The Balaban J connectivity index is 1.99. The van der Waals surface area contributed by atoms with Gasteiger partial charge in [-0.15, -0.1) is 0 Å². The van der Waals surface area contributed by atoms with E-state index in [-0.39, 0.29) is 12.1 Å². The van der Waals surface area contributed by atoms with E-state index in [2.05, 4.69) is 54.0 Å². The van der Waals surface area contributed by atoms with E-state index in [1.54, 1.807) is 0 Å². The van der Waals surface area contributed by atoms with E-state index < -0.39 is 0 Å². The first-order valence-electron chi connectivity index (χ1n) is 6.84. The number of nitrogens with two attached hydrogens (primary N) is 1. The number of rotatable bonds is 1. The molecule has 20 heavy (non-hydrogen) atoms. The lowest BCUT2D eigenvalue weighted by Crippen LogP contribution is -2.24. The number of benzene rings is 2. The van der Waals surface area contributed by atoms with Crippen LogP contribution in [0.15, 0.2) is 40.9 Å². The first-order chi connectivity index (χ1) is 9.56. The van der Waals surface area contributed by atoms with Crippen molar-refractivity contribution in [2.24, 2.45) is 5.73 Å². The van der Waals surface area contributed by atoms with Gasteiger partial charge in [0, 0.05) is 22.5 Å². The van der Waals surface area contributed by atoms with E-state index in [4.69, 9.17) is 10.5 Å². The van der Waals surface area contributed by atoms with Crippen molar-refractivity contribution < 1.29 is 4.74 Å². The van der Waals surface area contributed by atoms with E-state index in [0.29, 0.717) is 0 Å². The number of hydrogen-bond donors (Lipinski definition) is 1. The summed E-state index contributed by atoms with van der Waals surface area (Å²) in [7, 11) is 0. The predicted octanol–water partition coefficient (Wildman–Crippen LogP) is 4.59. The summed E-state index contributed by atoms with van der Waals surface area (Å²) in [5.74, 6) is 0.901. The van der Waals surface area contributed by atoms with Gasteiger partial charge in [0.2, 0.25) is 0 Å². The topological polar surface area (TPSA) is 35.2 Å². The second kappa shape index (κ2) is 5.23. The van der Waals surface area contributed by atoms with E-state index in [0.717, 1.165) is 22.2 Å². The Morgan fingerprint density at radius 1 is 1.15 bits per heavy atom. The Labute approximate surface area is 128 Å². The first kappa shape index (κ1) is 13.7. The third-order valence-electron chi connectivity index (χ3n) is 4.10. The zero-order valence-corrected chi connectivity index (χ0v) is 13.3. The molecule has 1 unspecified atom stereocenters. The summed E-state index contributed by atoms with van der Waals surface area (Å²) in [6.07, 6.45) is 0.854. The van der Waals surface area contributed by atoms with Crippen LogP contribution in [0.5, 0.6) is 5.75 Å². The highest BCUT2D eigenvalue weighted by atomic mass is 79.9. The van der Waals surface area contributed by atoms with Crippen molar-refractivity contribution in [2.45, 2.75) is 32.4 Å². The summed E-state index contributed by atoms with van der Waals surface area (Å²) in [6.45, 7) is 4.28. The average Bonchev–Trinajstić information content (AvgIpc) is 2.42. The number of ether oxygens (including phenoxy) is 1. The molecule has 0 fully saturated rings. The fourth-order valence-corrected chi connectivity index (χ4v) is 3.17. The molecule has 0 spiro atoms. The SMILES string of the molecule is Cc1cccc(C2C[C@H](N)c3cc(Br)ccc3O2)c1C. The van der Waals surface area contributed by atoms with Crippen LogP contribution in [0.25, 0.3) is 0 Å². The third-order valence-corrected chi connectivity index (χ3v) is 4.60. The van der Waals surface area contributed by atoms with Gasteiger partial charge in [-0.25, -0.2) is 0 Å². The Morgan fingerprint density at radius 2 is 1.95 bits per heavy atom. The van der Waals surface area contributed by atoms with Crippen molar-refractivity contribution in [3.05, 3.63) is 63.1 Å². The van der Waals surface area contributed by atoms with Crippen molar-refractivity contribution >= 4 is 15.9 Å². The van der Waals surface area contributed by atoms with Gasteiger partial charge in [-0.05, 0) is 48.7 Å².